The lowest BCUT2D eigenvalue weighted by Gasteiger charge is -2.01. The van der Waals surface area contributed by atoms with E-state index in [9.17, 15) is 9.59 Å². The maximum absolute atomic E-state index is 11.3. The lowest BCUT2D eigenvalue weighted by atomic mass is 10.1. The molecule has 0 bridgehead atoms. The van der Waals surface area contributed by atoms with E-state index in [4.69, 9.17) is 5.11 Å². The highest BCUT2D eigenvalue weighted by atomic mass is 16.5. The molecule has 0 saturated carbocycles. The quantitative estimate of drug-likeness (QED) is 0.655. The number of esters is 1. The normalized spacial score (nSPS) is 10.7. The van der Waals surface area contributed by atoms with Gasteiger partial charge in [0.15, 0.2) is 0 Å². The number of allylic oxidation sites excluding steroid dienone is 2. The Morgan fingerprint density at radius 2 is 1.30 bits per heavy atom. The van der Waals surface area contributed by atoms with Gasteiger partial charge in [0.1, 0.15) is 0 Å². The van der Waals surface area contributed by atoms with Gasteiger partial charge in [-0.1, -0.05) is 36.4 Å². The summed E-state index contributed by atoms with van der Waals surface area (Å²) in [6.45, 7) is 0. The largest absolute Gasteiger partial charge is 0.478 e. The molecule has 0 aromatic heterocycles. The Morgan fingerprint density at radius 1 is 0.870 bits per heavy atom. The second-order valence-corrected chi connectivity index (χ2v) is 5.07. The van der Waals surface area contributed by atoms with E-state index in [1.807, 2.05) is 30.3 Å². The Hall–Kier alpha value is -2.88. The van der Waals surface area contributed by atoms with Crippen LogP contribution in [-0.2, 0) is 17.6 Å². The summed E-state index contributed by atoms with van der Waals surface area (Å²) in [5.74, 6) is -1.25. The van der Waals surface area contributed by atoms with Crippen LogP contribution in [0.3, 0.4) is 0 Å². The molecule has 0 heterocycles. The molecule has 0 aliphatic carbocycles. The molecule has 4 heteroatoms. The van der Waals surface area contributed by atoms with Crippen molar-refractivity contribution in [2.45, 2.75) is 12.8 Å². The molecule has 0 fully saturated rings. The smallest absolute Gasteiger partial charge is 0.337 e. The highest BCUT2D eigenvalue weighted by Gasteiger charge is 2.03. The average Bonchev–Trinajstić information content (AvgIpc) is 2.59. The van der Waals surface area contributed by atoms with E-state index in [1.54, 1.807) is 24.3 Å². The van der Waals surface area contributed by atoms with Gasteiger partial charge in [0, 0.05) is 0 Å². The van der Waals surface area contributed by atoms with Crippen molar-refractivity contribution in [3.63, 3.8) is 0 Å². The number of benzene rings is 2. The third-order valence-electron chi connectivity index (χ3n) is 3.45. The maximum Gasteiger partial charge on any atom is 0.337 e. The Bertz CT molecular complexity index is 697. The van der Waals surface area contributed by atoms with Gasteiger partial charge in [-0.25, -0.2) is 9.59 Å². The molecule has 0 radical (unpaired) electrons. The molecule has 2 aromatic carbocycles. The van der Waals surface area contributed by atoms with Gasteiger partial charge in [0.2, 0.25) is 0 Å². The number of hydrogen-bond acceptors (Lipinski definition) is 3. The van der Waals surface area contributed by atoms with E-state index < -0.39 is 5.97 Å². The molecule has 0 spiro atoms. The van der Waals surface area contributed by atoms with E-state index in [0.717, 1.165) is 24.0 Å². The topological polar surface area (TPSA) is 63.6 Å². The fourth-order valence-corrected chi connectivity index (χ4v) is 2.12. The monoisotopic (exact) mass is 310 g/mol. The van der Waals surface area contributed by atoms with Crippen LogP contribution in [0, 0.1) is 0 Å². The summed E-state index contributed by atoms with van der Waals surface area (Å²) in [7, 11) is 1.36. The number of ether oxygens (including phenoxy) is 1. The van der Waals surface area contributed by atoms with Gasteiger partial charge in [-0.05, 0) is 48.2 Å². The molecule has 23 heavy (non-hydrogen) atoms. The molecule has 4 nitrogen and oxygen atoms in total. The summed E-state index contributed by atoms with van der Waals surface area (Å²) < 4.78 is 4.66. The molecule has 118 valence electrons. The fraction of sp³-hybridized carbons (Fsp3) is 0.158. The van der Waals surface area contributed by atoms with Gasteiger partial charge in [-0.3, -0.25) is 0 Å². The molecule has 2 aromatic rings. The number of carbonyl (C=O) groups is 2. The molecule has 0 aliphatic rings. The highest BCUT2D eigenvalue weighted by molar-refractivity contribution is 5.89. The predicted molar refractivity (Wildman–Crippen MR) is 87.7 cm³/mol. The van der Waals surface area contributed by atoms with Gasteiger partial charge < -0.3 is 9.84 Å². The van der Waals surface area contributed by atoms with Gasteiger partial charge in [-0.2, -0.15) is 0 Å². The molecule has 2 rings (SSSR count). The van der Waals surface area contributed by atoms with Crippen molar-refractivity contribution < 1.29 is 19.4 Å². The second kappa shape index (κ2) is 7.94. The summed E-state index contributed by atoms with van der Waals surface area (Å²) in [6.07, 6.45) is 5.62. The summed E-state index contributed by atoms with van der Waals surface area (Å²) in [6, 6.07) is 14.2. The zero-order valence-corrected chi connectivity index (χ0v) is 12.9. The number of hydrogen-bond donors (Lipinski definition) is 1. The second-order valence-electron chi connectivity index (χ2n) is 5.07. The van der Waals surface area contributed by atoms with Crippen LogP contribution >= 0.6 is 0 Å². The number of carboxylic acids is 1. The van der Waals surface area contributed by atoms with Crippen molar-refractivity contribution in [2.24, 2.45) is 0 Å². The van der Waals surface area contributed by atoms with Crippen LogP contribution in [0.15, 0.2) is 60.7 Å². The van der Waals surface area contributed by atoms with Crippen LogP contribution in [0.2, 0.25) is 0 Å². The highest BCUT2D eigenvalue weighted by Crippen LogP contribution is 2.08. The van der Waals surface area contributed by atoms with Gasteiger partial charge in [0.05, 0.1) is 18.2 Å². The molecule has 0 atom stereocenters. The summed E-state index contributed by atoms with van der Waals surface area (Å²) in [5.41, 5.74) is 3.00. The molecule has 0 amide bonds. The van der Waals surface area contributed by atoms with Crippen LogP contribution in [0.4, 0.5) is 0 Å². The number of aromatic carboxylic acids is 1. The Morgan fingerprint density at radius 3 is 1.70 bits per heavy atom. The third-order valence-corrected chi connectivity index (χ3v) is 3.45. The van der Waals surface area contributed by atoms with Crippen molar-refractivity contribution in [1.82, 2.24) is 0 Å². The van der Waals surface area contributed by atoms with E-state index in [-0.39, 0.29) is 5.97 Å². The molecular weight excluding hydrogens is 292 g/mol. The number of methoxy groups -OCH3 is 1. The minimum absolute atomic E-state index is 0.295. The van der Waals surface area contributed by atoms with Gasteiger partial charge in [-0.15, -0.1) is 0 Å². The van der Waals surface area contributed by atoms with Crippen LogP contribution in [0.5, 0.6) is 0 Å². The number of rotatable bonds is 6. The Kier molecular flexibility index (Phi) is 5.69. The van der Waals surface area contributed by atoms with E-state index >= 15 is 0 Å². The zero-order chi connectivity index (χ0) is 16.7. The molecule has 0 aliphatic heterocycles. The Balaban J connectivity index is 1.86. The molecule has 0 unspecified atom stereocenters. The zero-order valence-electron chi connectivity index (χ0n) is 12.9. The number of carbonyl (C=O) groups excluding carboxylic acids is 1. The van der Waals surface area contributed by atoms with Crippen molar-refractivity contribution in [2.75, 3.05) is 7.11 Å². The van der Waals surface area contributed by atoms with Crippen LogP contribution in [0.1, 0.15) is 31.8 Å². The lowest BCUT2D eigenvalue weighted by molar-refractivity contribution is 0.0599. The summed E-state index contributed by atoms with van der Waals surface area (Å²) >= 11 is 0. The number of carboxylic acid groups (broad SMARTS) is 1. The van der Waals surface area contributed by atoms with E-state index in [1.165, 1.54) is 7.11 Å². The van der Waals surface area contributed by atoms with Crippen molar-refractivity contribution >= 4 is 11.9 Å². The standard InChI is InChI=1S/C19H18O4/c1-23-19(22)17-12-8-15(9-13-17)5-3-2-4-14-6-10-16(11-7-14)18(20)21/h2-3,6-13H,4-5H2,1H3,(H,20,21). The first-order valence-electron chi connectivity index (χ1n) is 7.24. The van der Waals surface area contributed by atoms with Crippen LogP contribution in [0.25, 0.3) is 0 Å². The van der Waals surface area contributed by atoms with Crippen molar-refractivity contribution in [3.8, 4) is 0 Å². The van der Waals surface area contributed by atoms with E-state index in [2.05, 4.69) is 10.8 Å². The van der Waals surface area contributed by atoms with Gasteiger partial charge >= 0.3 is 11.9 Å². The third kappa shape index (κ3) is 4.81. The van der Waals surface area contributed by atoms with E-state index in [0.29, 0.717) is 11.1 Å². The summed E-state index contributed by atoms with van der Waals surface area (Å²) in [4.78, 5) is 22.1. The first-order valence-corrected chi connectivity index (χ1v) is 7.24. The summed E-state index contributed by atoms with van der Waals surface area (Å²) in [5, 5.41) is 8.84. The van der Waals surface area contributed by atoms with Crippen LogP contribution < -0.4 is 0 Å². The fourth-order valence-electron chi connectivity index (χ4n) is 2.12. The molecular formula is C19H18O4. The minimum atomic E-state index is -0.914. The van der Waals surface area contributed by atoms with Crippen molar-refractivity contribution in [1.29, 1.82) is 0 Å². The average molecular weight is 310 g/mol. The van der Waals surface area contributed by atoms with Crippen molar-refractivity contribution in [3.05, 3.63) is 82.9 Å². The van der Waals surface area contributed by atoms with Gasteiger partial charge in [0.25, 0.3) is 0 Å². The van der Waals surface area contributed by atoms with Crippen LogP contribution in [-0.4, -0.2) is 24.2 Å². The molecule has 0 saturated heterocycles. The maximum atomic E-state index is 11.3. The molecule has 1 N–H and O–H groups in total. The Labute approximate surface area is 135 Å². The SMILES string of the molecule is COC(=O)c1ccc(CC=CCc2ccc(C(=O)O)cc2)cc1. The lowest BCUT2D eigenvalue weighted by Crippen LogP contribution is -2.00. The first kappa shape index (κ1) is 16.5. The first-order chi connectivity index (χ1) is 11.1. The minimum Gasteiger partial charge on any atom is -0.478 e. The predicted octanol–water partition coefficient (Wildman–Crippen LogP) is 3.51.